The Morgan fingerprint density at radius 1 is 1.24 bits per heavy atom. The Labute approximate surface area is 206 Å². The molecule has 2 amide bonds. The van der Waals surface area contributed by atoms with E-state index in [1.807, 2.05) is 44.2 Å². The summed E-state index contributed by atoms with van der Waals surface area (Å²) in [5, 5.41) is 9.40. The van der Waals surface area contributed by atoms with E-state index in [4.69, 9.17) is 15.2 Å². The summed E-state index contributed by atoms with van der Waals surface area (Å²) in [4.78, 5) is 29.2. The number of hydrogen-bond donors (Lipinski definition) is 1. The fraction of sp³-hybridized carbons (Fsp3) is 0.360. The third kappa shape index (κ3) is 5.74. The number of methoxy groups -OCH3 is 1. The van der Waals surface area contributed by atoms with Crippen LogP contribution in [0.4, 0.5) is 0 Å². The third-order valence-electron chi connectivity index (χ3n) is 5.65. The van der Waals surface area contributed by atoms with Crippen molar-refractivity contribution in [1.29, 1.82) is 5.26 Å². The number of amides is 2. The zero-order valence-corrected chi connectivity index (χ0v) is 20.9. The quantitative estimate of drug-likeness (QED) is 0.521. The van der Waals surface area contributed by atoms with Gasteiger partial charge in [-0.2, -0.15) is 0 Å². The molecule has 176 valence electrons. The van der Waals surface area contributed by atoms with Gasteiger partial charge in [-0.15, -0.1) is 0 Å². The number of para-hydroxylation sites is 1. The third-order valence-corrected chi connectivity index (χ3v) is 7.16. The Kier molecular flexibility index (Phi) is 8.63. The van der Waals surface area contributed by atoms with E-state index in [0.29, 0.717) is 30.2 Å². The molecule has 0 aromatic heterocycles. The molecule has 2 aromatic rings. The molecular formula is C25H26N3O4PS. The van der Waals surface area contributed by atoms with Crippen LogP contribution >= 0.6 is 20.5 Å². The number of ether oxygens (including phenoxy) is 2. The van der Waals surface area contributed by atoms with Crippen molar-refractivity contribution < 1.29 is 19.1 Å². The van der Waals surface area contributed by atoms with Crippen molar-refractivity contribution >= 4 is 32.3 Å². The minimum atomic E-state index is -0.791. The number of nitriles is 1. The van der Waals surface area contributed by atoms with Gasteiger partial charge in [0.05, 0.1) is 7.11 Å². The monoisotopic (exact) mass is 495 g/mol. The number of carbonyl (C=O) groups is 2. The first kappa shape index (κ1) is 25.6. The molecule has 2 N–H and O–H groups in total. The predicted octanol–water partition coefficient (Wildman–Crippen LogP) is 4.28. The molecule has 1 saturated heterocycles. The van der Waals surface area contributed by atoms with Gasteiger partial charge in [-0.3, -0.25) is 4.79 Å². The summed E-state index contributed by atoms with van der Waals surface area (Å²) in [7, 11) is 5.58. The molecule has 9 heteroatoms. The Balaban J connectivity index is 1.75. The molecule has 0 saturated carbocycles. The van der Waals surface area contributed by atoms with E-state index in [-0.39, 0.29) is 23.2 Å². The number of thioether (sulfide) groups is 1. The van der Waals surface area contributed by atoms with Crippen LogP contribution in [0.1, 0.15) is 24.2 Å². The summed E-state index contributed by atoms with van der Waals surface area (Å²) in [5.41, 5.74) is 7.39. The van der Waals surface area contributed by atoms with Crippen molar-refractivity contribution in [3.05, 3.63) is 48.0 Å². The van der Waals surface area contributed by atoms with Crippen molar-refractivity contribution in [2.24, 2.45) is 17.6 Å². The average molecular weight is 496 g/mol. The first-order chi connectivity index (χ1) is 16.3. The van der Waals surface area contributed by atoms with Crippen LogP contribution in [-0.2, 0) is 4.79 Å². The van der Waals surface area contributed by atoms with Gasteiger partial charge >= 0.3 is 136 Å². The fourth-order valence-electron chi connectivity index (χ4n) is 3.85. The molecule has 2 aromatic carbocycles. The molecule has 7 nitrogen and oxygen atoms in total. The molecule has 1 aliphatic heterocycles. The van der Waals surface area contributed by atoms with E-state index in [9.17, 15) is 14.9 Å². The second-order valence-electron chi connectivity index (χ2n) is 8.32. The Hall–Kier alpha value is -2.97. The van der Waals surface area contributed by atoms with Gasteiger partial charge in [-0.05, 0) is 12.1 Å². The van der Waals surface area contributed by atoms with E-state index in [1.165, 1.54) is 11.8 Å². The predicted molar refractivity (Wildman–Crippen MR) is 134 cm³/mol. The fourth-order valence-corrected chi connectivity index (χ4v) is 4.92. The minimum Gasteiger partial charge on any atom is -0.366 e. The molecule has 0 radical (unpaired) electrons. The first-order valence-electron chi connectivity index (χ1n) is 10.8. The summed E-state index contributed by atoms with van der Waals surface area (Å²) < 4.78 is 11.5. The van der Waals surface area contributed by atoms with Gasteiger partial charge in [0.1, 0.15) is 5.75 Å². The zero-order valence-electron chi connectivity index (χ0n) is 19.2. The van der Waals surface area contributed by atoms with Gasteiger partial charge in [0.15, 0.2) is 0 Å². The molecule has 1 aliphatic rings. The maximum atomic E-state index is 12.9. The molecule has 1 fully saturated rings. The standard InChI is InChI=1S/C25H26N3O4PS/c1-15(2)23(34-14-33)21(11-26)25(30)28-12-19(13-28)32-18-9-16(8-17(10-18)24(27)29)20-6-4-5-7-22(20)31-3/h4-10,15,19,21,23H,12-13H2,1-3H3,(H2,27,29). The second kappa shape index (κ2) is 11.4. The number of benzene rings is 2. The van der Waals surface area contributed by atoms with Crippen LogP contribution in [0.2, 0.25) is 0 Å². The van der Waals surface area contributed by atoms with Gasteiger partial charge < -0.3 is 10.5 Å². The van der Waals surface area contributed by atoms with Crippen molar-refractivity contribution in [3.8, 4) is 33.7 Å². The Bertz CT molecular complexity index is 1150. The number of nitrogens with zero attached hydrogens (tertiary/aromatic N) is 2. The van der Waals surface area contributed by atoms with Gasteiger partial charge in [-0.1, -0.05) is 18.2 Å². The molecule has 0 bridgehead atoms. The van der Waals surface area contributed by atoms with Gasteiger partial charge in [-0.25, -0.2) is 0 Å². The number of primary amides is 1. The normalized spacial score (nSPS) is 14.9. The van der Waals surface area contributed by atoms with Crippen LogP contribution in [-0.4, -0.2) is 48.3 Å². The molecule has 2 unspecified atom stereocenters. The Morgan fingerprint density at radius 2 is 1.94 bits per heavy atom. The average Bonchev–Trinajstić information content (AvgIpc) is 2.80. The molecular weight excluding hydrogens is 469 g/mol. The summed E-state index contributed by atoms with van der Waals surface area (Å²) in [6, 6.07) is 14.7. The van der Waals surface area contributed by atoms with Crippen molar-refractivity contribution in [2.75, 3.05) is 20.2 Å². The SMILES string of the molecule is COc1ccccc1-c1cc(OC2CN(C(=O)C(C#N)C(SC#P)C(C)C)C2)cc(C(N)=O)c1. The van der Waals surface area contributed by atoms with E-state index in [0.717, 1.165) is 11.1 Å². The van der Waals surface area contributed by atoms with Crippen molar-refractivity contribution in [3.63, 3.8) is 0 Å². The number of likely N-dealkylation sites (tertiary alicyclic amines) is 1. The number of hydrogen-bond acceptors (Lipinski definition) is 6. The number of nitrogens with two attached hydrogens (primary N) is 1. The summed E-state index contributed by atoms with van der Waals surface area (Å²) in [5.74, 6) is -0.346. The van der Waals surface area contributed by atoms with Crippen LogP contribution in [0.15, 0.2) is 42.5 Å². The minimum absolute atomic E-state index is 0.108. The second-order valence-corrected chi connectivity index (χ2v) is 9.83. The van der Waals surface area contributed by atoms with Crippen LogP contribution < -0.4 is 15.2 Å². The van der Waals surface area contributed by atoms with E-state index >= 15 is 0 Å². The molecule has 3 rings (SSSR count). The molecule has 1 heterocycles. The van der Waals surface area contributed by atoms with Crippen molar-refractivity contribution in [1.82, 2.24) is 4.90 Å². The molecule has 0 spiro atoms. The van der Waals surface area contributed by atoms with Crippen LogP contribution in [0, 0.1) is 28.1 Å². The smallest absolute Gasteiger partial charge is 0.366 e. The van der Waals surface area contributed by atoms with Crippen LogP contribution in [0.3, 0.4) is 0 Å². The summed E-state index contributed by atoms with van der Waals surface area (Å²) in [6.45, 7) is 4.64. The van der Waals surface area contributed by atoms with Crippen LogP contribution in [0.25, 0.3) is 11.1 Å². The molecule has 0 aliphatic carbocycles. The van der Waals surface area contributed by atoms with E-state index in [2.05, 4.69) is 19.7 Å². The van der Waals surface area contributed by atoms with Gasteiger partial charge in [0.25, 0.3) is 0 Å². The van der Waals surface area contributed by atoms with Crippen LogP contribution in [0.5, 0.6) is 11.5 Å². The number of rotatable bonds is 9. The summed E-state index contributed by atoms with van der Waals surface area (Å²) in [6.07, 6.45) is -0.259. The van der Waals surface area contributed by atoms with E-state index < -0.39 is 11.8 Å². The first-order valence-corrected chi connectivity index (χ1v) is 12.1. The van der Waals surface area contributed by atoms with Gasteiger partial charge in [0, 0.05) is 5.56 Å². The van der Waals surface area contributed by atoms with E-state index in [1.54, 1.807) is 24.1 Å². The van der Waals surface area contributed by atoms with Crippen molar-refractivity contribution in [2.45, 2.75) is 25.2 Å². The molecule has 2 atom stereocenters. The zero-order chi connectivity index (χ0) is 24.8. The van der Waals surface area contributed by atoms with Gasteiger partial charge in [0.2, 0.25) is 5.91 Å². The maximum absolute atomic E-state index is 12.9. The molecule has 34 heavy (non-hydrogen) atoms. The number of carbonyl (C=O) groups excluding carboxylic acids is 2. The summed E-state index contributed by atoms with van der Waals surface area (Å²) >= 11 is 1.27. The topological polar surface area (TPSA) is 106 Å². The Morgan fingerprint density at radius 3 is 2.53 bits per heavy atom.